The van der Waals surface area contributed by atoms with Crippen molar-refractivity contribution >= 4 is 17.3 Å². The first-order chi connectivity index (χ1) is 12.8. The van der Waals surface area contributed by atoms with E-state index < -0.39 is 10.8 Å². The van der Waals surface area contributed by atoms with Crippen LogP contribution in [0.2, 0.25) is 0 Å². The predicted molar refractivity (Wildman–Crippen MR) is 101 cm³/mol. The molecule has 0 saturated heterocycles. The summed E-state index contributed by atoms with van der Waals surface area (Å²) in [7, 11) is 0. The van der Waals surface area contributed by atoms with E-state index in [-0.39, 0.29) is 22.4 Å². The molecule has 0 atom stereocenters. The van der Waals surface area contributed by atoms with E-state index in [0.29, 0.717) is 5.69 Å². The van der Waals surface area contributed by atoms with Crippen molar-refractivity contribution < 1.29 is 9.72 Å². The van der Waals surface area contributed by atoms with Crippen molar-refractivity contribution in [3.05, 3.63) is 76.4 Å². The van der Waals surface area contributed by atoms with Gasteiger partial charge in [0.05, 0.1) is 4.92 Å². The van der Waals surface area contributed by atoms with Gasteiger partial charge in [-0.1, -0.05) is 32.9 Å². The average Bonchev–Trinajstić information content (AvgIpc) is 3.15. The summed E-state index contributed by atoms with van der Waals surface area (Å²) in [6.07, 6.45) is 2.64. The number of hydrogen-bond donors (Lipinski definition) is 1. The fourth-order valence-electron chi connectivity index (χ4n) is 2.59. The zero-order valence-corrected chi connectivity index (χ0v) is 15.2. The second-order valence-electron chi connectivity index (χ2n) is 7.08. The number of hydrogen-bond acceptors (Lipinski definition) is 5. The van der Waals surface area contributed by atoms with Gasteiger partial charge in [0, 0.05) is 17.3 Å². The number of nitro benzene ring substituents is 1. The minimum absolute atomic E-state index is 0.0142. The molecule has 0 aliphatic heterocycles. The maximum absolute atomic E-state index is 12.5. The molecule has 0 saturated carbocycles. The molecule has 3 rings (SSSR count). The van der Waals surface area contributed by atoms with Crippen LogP contribution in [0, 0.1) is 10.1 Å². The Kier molecular flexibility index (Phi) is 4.72. The molecule has 0 aliphatic carbocycles. The topological polar surface area (TPSA) is 103 Å². The molecule has 1 N–H and O–H groups in total. The first-order valence-electron chi connectivity index (χ1n) is 8.31. The first kappa shape index (κ1) is 18.2. The molecule has 138 valence electrons. The van der Waals surface area contributed by atoms with Gasteiger partial charge in [-0.3, -0.25) is 14.9 Å². The van der Waals surface area contributed by atoms with Crippen LogP contribution in [0.1, 0.15) is 36.7 Å². The van der Waals surface area contributed by atoms with Gasteiger partial charge in [-0.15, -0.1) is 0 Å². The van der Waals surface area contributed by atoms with Crippen LogP contribution in [0.3, 0.4) is 0 Å². The largest absolute Gasteiger partial charge is 0.322 e. The smallest absolute Gasteiger partial charge is 0.295 e. The number of anilines is 1. The number of amides is 1. The summed E-state index contributed by atoms with van der Waals surface area (Å²) in [5, 5.41) is 18.1. The highest BCUT2D eigenvalue weighted by Gasteiger charge is 2.20. The molecule has 0 bridgehead atoms. The lowest BCUT2D eigenvalue weighted by atomic mass is 9.87. The Balaban J connectivity index is 1.85. The monoisotopic (exact) mass is 365 g/mol. The quantitative estimate of drug-likeness (QED) is 0.560. The lowest BCUT2D eigenvalue weighted by Crippen LogP contribution is -2.14. The predicted octanol–water partition coefficient (Wildman–Crippen LogP) is 3.73. The maximum atomic E-state index is 12.5. The molecule has 8 heteroatoms. The van der Waals surface area contributed by atoms with E-state index in [4.69, 9.17) is 0 Å². The molecule has 0 spiro atoms. The fourth-order valence-corrected chi connectivity index (χ4v) is 2.59. The van der Waals surface area contributed by atoms with Crippen LogP contribution in [0.15, 0.2) is 55.1 Å². The van der Waals surface area contributed by atoms with Gasteiger partial charge >= 0.3 is 0 Å². The summed E-state index contributed by atoms with van der Waals surface area (Å²) in [6.45, 7) is 6.32. The van der Waals surface area contributed by atoms with E-state index in [0.717, 1.165) is 5.56 Å². The van der Waals surface area contributed by atoms with Gasteiger partial charge in [0.15, 0.2) is 0 Å². The molecule has 3 aromatic rings. The van der Waals surface area contributed by atoms with Crippen molar-refractivity contribution in [3.8, 4) is 5.69 Å². The number of aromatic nitrogens is 3. The van der Waals surface area contributed by atoms with E-state index in [2.05, 4.69) is 36.2 Å². The molecule has 1 aromatic heterocycles. The van der Waals surface area contributed by atoms with Crippen LogP contribution in [0.25, 0.3) is 5.69 Å². The number of nitrogens with one attached hydrogen (secondary N) is 1. The average molecular weight is 365 g/mol. The third-order valence-electron chi connectivity index (χ3n) is 4.11. The van der Waals surface area contributed by atoms with Gasteiger partial charge in [0.1, 0.15) is 18.3 Å². The molecular weight excluding hydrogens is 346 g/mol. The molecule has 0 fully saturated rings. The molecule has 0 aliphatic rings. The minimum Gasteiger partial charge on any atom is -0.322 e. The van der Waals surface area contributed by atoms with Gasteiger partial charge < -0.3 is 5.32 Å². The van der Waals surface area contributed by atoms with E-state index in [1.54, 1.807) is 0 Å². The number of carbonyl (C=O) groups excluding carboxylic acids is 1. The summed E-state index contributed by atoms with van der Waals surface area (Å²) in [4.78, 5) is 27.1. The molecule has 27 heavy (non-hydrogen) atoms. The molecule has 0 unspecified atom stereocenters. The SMILES string of the molecule is CC(C)(C)c1ccc(NC(=O)c2ccc(-n3cncn3)c([N+](=O)[O-])c2)cc1. The molecule has 1 amide bonds. The number of carbonyl (C=O) groups is 1. The number of nitro groups is 1. The van der Waals surface area contributed by atoms with Gasteiger partial charge in [0.25, 0.3) is 11.6 Å². The van der Waals surface area contributed by atoms with Crippen LogP contribution in [0.5, 0.6) is 0 Å². The van der Waals surface area contributed by atoms with Crippen LogP contribution < -0.4 is 5.32 Å². The summed E-state index contributed by atoms with van der Waals surface area (Å²) >= 11 is 0. The third kappa shape index (κ3) is 4.00. The second-order valence-corrected chi connectivity index (χ2v) is 7.08. The Labute approximate surface area is 156 Å². The maximum Gasteiger partial charge on any atom is 0.295 e. The van der Waals surface area contributed by atoms with Gasteiger partial charge in [-0.05, 0) is 35.2 Å². The molecule has 2 aromatic carbocycles. The Morgan fingerprint density at radius 1 is 1.15 bits per heavy atom. The number of nitrogens with zero attached hydrogens (tertiary/aromatic N) is 4. The van der Waals surface area contributed by atoms with Crippen molar-refractivity contribution in [2.75, 3.05) is 5.32 Å². The lowest BCUT2D eigenvalue weighted by Gasteiger charge is -2.19. The van der Waals surface area contributed by atoms with E-state index in [1.807, 2.05) is 24.3 Å². The fraction of sp³-hybridized carbons (Fsp3) is 0.211. The number of rotatable bonds is 4. The van der Waals surface area contributed by atoms with Gasteiger partial charge in [-0.2, -0.15) is 5.10 Å². The zero-order chi connectivity index (χ0) is 19.6. The van der Waals surface area contributed by atoms with Crippen LogP contribution >= 0.6 is 0 Å². The standard InChI is InChI=1S/C19H19N5O3/c1-19(2,3)14-5-7-15(8-6-14)22-18(25)13-4-9-16(17(10-13)24(26)27)23-12-20-11-21-23/h4-12H,1-3H3,(H,22,25). The Bertz CT molecular complexity index is 974. The Morgan fingerprint density at radius 2 is 1.85 bits per heavy atom. The van der Waals surface area contributed by atoms with Crippen molar-refractivity contribution in [1.82, 2.24) is 14.8 Å². The van der Waals surface area contributed by atoms with Gasteiger partial charge in [-0.25, -0.2) is 9.67 Å². The van der Waals surface area contributed by atoms with Crippen molar-refractivity contribution in [2.45, 2.75) is 26.2 Å². The van der Waals surface area contributed by atoms with E-state index in [1.165, 1.54) is 35.5 Å². The Hall–Kier alpha value is -3.55. The highest BCUT2D eigenvalue weighted by atomic mass is 16.6. The lowest BCUT2D eigenvalue weighted by molar-refractivity contribution is -0.384. The molecule has 8 nitrogen and oxygen atoms in total. The normalized spacial score (nSPS) is 11.2. The Morgan fingerprint density at radius 3 is 2.41 bits per heavy atom. The van der Waals surface area contributed by atoms with Crippen molar-refractivity contribution in [2.24, 2.45) is 0 Å². The van der Waals surface area contributed by atoms with E-state index in [9.17, 15) is 14.9 Å². The minimum atomic E-state index is -0.550. The first-order valence-corrected chi connectivity index (χ1v) is 8.31. The summed E-state index contributed by atoms with van der Waals surface area (Å²) in [5.41, 5.74) is 1.98. The molecule has 0 radical (unpaired) electrons. The molecular formula is C19H19N5O3. The van der Waals surface area contributed by atoms with Crippen molar-refractivity contribution in [1.29, 1.82) is 0 Å². The second kappa shape index (κ2) is 6.99. The van der Waals surface area contributed by atoms with Crippen LogP contribution in [-0.2, 0) is 5.41 Å². The highest BCUT2D eigenvalue weighted by Crippen LogP contribution is 2.25. The van der Waals surface area contributed by atoms with Crippen LogP contribution in [0.4, 0.5) is 11.4 Å². The summed E-state index contributed by atoms with van der Waals surface area (Å²) < 4.78 is 1.28. The van der Waals surface area contributed by atoms with Gasteiger partial charge in [0.2, 0.25) is 0 Å². The summed E-state index contributed by atoms with van der Waals surface area (Å²) in [6, 6.07) is 11.8. The van der Waals surface area contributed by atoms with Crippen molar-refractivity contribution in [3.63, 3.8) is 0 Å². The third-order valence-corrected chi connectivity index (χ3v) is 4.11. The summed E-state index contributed by atoms with van der Waals surface area (Å²) in [5.74, 6) is -0.424. The van der Waals surface area contributed by atoms with E-state index >= 15 is 0 Å². The molecule has 1 heterocycles. The van der Waals surface area contributed by atoms with Crippen LogP contribution in [-0.4, -0.2) is 25.6 Å². The number of benzene rings is 2. The highest BCUT2D eigenvalue weighted by molar-refractivity contribution is 6.04. The zero-order valence-electron chi connectivity index (χ0n) is 15.2.